The second kappa shape index (κ2) is 6.74. The highest BCUT2D eigenvalue weighted by Gasteiger charge is 2.72. The first-order valence-corrected chi connectivity index (χ1v) is 11.9. The number of hydrogen-bond donors (Lipinski definition) is 4. The number of hydrogen-bond acceptors (Lipinski definition) is 10. The number of aliphatic hydroxyl groups is 2. The van der Waals surface area contributed by atoms with Crippen molar-refractivity contribution in [1.29, 1.82) is 0 Å². The summed E-state index contributed by atoms with van der Waals surface area (Å²) in [5.41, 5.74) is 6.04. The number of aliphatic hydroxyl groups excluding tert-OH is 2. The van der Waals surface area contributed by atoms with Crippen molar-refractivity contribution in [3.05, 3.63) is 25.0 Å². The minimum Gasteiger partial charge on any atom is -0.390 e. The molecule has 1 unspecified atom stereocenters. The van der Waals surface area contributed by atoms with Gasteiger partial charge in [-0.15, -0.1) is 0 Å². The normalized spacial score (nSPS) is 32.3. The molecular formula is C16H20N7O5PS. The molecule has 0 spiro atoms. The topological polar surface area (TPSA) is 174 Å². The first-order valence-electron chi connectivity index (χ1n) is 9.15. The molecule has 2 aliphatic rings. The molecule has 0 saturated heterocycles. The van der Waals surface area contributed by atoms with Gasteiger partial charge >= 0.3 is 7.75 Å². The van der Waals surface area contributed by atoms with Crippen LogP contribution in [0.4, 0.5) is 5.82 Å². The summed E-state index contributed by atoms with van der Waals surface area (Å²) in [7, 11) is -4.15. The van der Waals surface area contributed by atoms with Gasteiger partial charge in [-0.1, -0.05) is 11.8 Å². The smallest absolute Gasteiger partial charge is 0.390 e. The Morgan fingerprint density at radius 1 is 1.40 bits per heavy atom. The molecule has 0 amide bonds. The highest BCUT2D eigenvalue weighted by molar-refractivity contribution is 7.98. The van der Waals surface area contributed by atoms with E-state index in [4.69, 9.17) is 10.3 Å². The van der Waals surface area contributed by atoms with Crippen LogP contribution in [-0.4, -0.2) is 69.0 Å². The third kappa shape index (κ3) is 2.81. The van der Waals surface area contributed by atoms with E-state index in [-0.39, 0.29) is 18.3 Å². The van der Waals surface area contributed by atoms with Gasteiger partial charge in [-0.05, 0) is 18.6 Å². The minimum absolute atomic E-state index is 0.182. The van der Waals surface area contributed by atoms with E-state index in [1.54, 1.807) is 4.57 Å². The second-order valence-electron chi connectivity index (χ2n) is 7.60. The van der Waals surface area contributed by atoms with Gasteiger partial charge in [0, 0.05) is 17.8 Å². The van der Waals surface area contributed by atoms with E-state index in [0.717, 1.165) is 4.34 Å². The van der Waals surface area contributed by atoms with Crippen LogP contribution in [0.2, 0.25) is 0 Å². The third-order valence-corrected chi connectivity index (χ3v) is 7.90. The first-order chi connectivity index (χ1) is 14.3. The Hall–Kier alpha value is -2.02. The van der Waals surface area contributed by atoms with Crippen molar-refractivity contribution in [2.45, 2.75) is 29.8 Å². The van der Waals surface area contributed by atoms with Gasteiger partial charge < -0.3 is 25.4 Å². The van der Waals surface area contributed by atoms with E-state index in [1.807, 2.05) is 6.26 Å². The molecule has 12 nitrogen and oxygen atoms in total. The van der Waals surface area contributed by atoms with Gasteiger partial charge in [0.15, 0.2) is 16.6 Å². The maximum Gasteiger partial charge on any atom is 0.437 e. The van der Waals surface area contributed by atoms with Gasteiger partial charge in [0.25, 0.3) is 0 Å². The second-order valence-corrected chi connectivity index (χ2v) is 10.1. The molecule has 3 aromatic rings. The SMILES string of the molecule is CSc1nc(N)c2ncn([C@H]3[C@H](O)[C@H](O)[C@]4(COP(=O)(O)n5ccnc5)C[C@H]34)c2n1. The average Bonchev–Trinajstić information content (AvgIpc) is 3.08. The Bertz CT molecular complexity index is 1160. The number of anilines is 1. The molecule has 160 valence electrons. The number of imidazole rings is 2. The van der Waals surface area contributed by atoms with Crippen LogP contribution in [0.15, 0.2) is 30.2 Å². The summed E-state index contributed by atoms with van der Waals surface area (Å²) in [6.07, 6.45) is 5.51. The third-order valence-electron chi connectivity index (χ3n) is 6.07. The predicted molar refractivity (Wildman–Crippen MR) is 107 cm³/mol. The summed E-state index contributed by atoms with van der Waals surface area (Å²) >= 11 is 1.33. The maximum absolute atomic E-state index is 12.4. The van der Waals surface area contributed by atoms with E-state index in [9.17, 15) is 19.7 Å². The Morgan fingerprint density at radius 3 is 2.90 bits per heavy atom. The molecule has 0 bridgehead atoms. The fourth-order valence-electron chi connectivity index (χ4n) is 4.43. The highest BCUT2D eigenvalue weighted by Crippen LogP contribution is 2.69. The van der Waals surface area contributed by atoms with E-state index >= 15 is 0 Å². The van der Waals surface area contributed by atoms with Crippen molar-refractivity contribution in [3.63, 3.8) is 0 Å². The first kappa shape index (κ1) is 19.9. The lowest BCUT2D eigenvalue weighted by Crippen LogP contribution is -2.36. The summed E-state index contributed by atoms with van der Waals surface area (Å²) in [5.74, 6) is 0.0553. The molecule has 30 heavy (non-hydrogen) atoms. The molecule has 0 aromatic carbocycles. The number of rotatable bonds is 6. The zero-order valence-electron chi connectivity index (χ0n) is 15.8. The van der Waals surface area contributed by atoms with Crippen LogP contribution in [-0.2, 0) is 9.09 Å². The molecule has 2 aliphatic carbocycles. The molecule has 6 atom stereocenters. The Balaban J connectivity index is 1.44. The van der Waals surface area contributed by atoms with Crippen LogP contribution in [0.3, 0.4) is 0 Å². The molecule has 2 saturated carbocycles. The van der Waals surface area contributed by atoms with Crippen molar-refractivity contribution in [1.82, 2.24) is 28.8 Å². The fraction of sp³-hybridized carbons (Fsp3) is 0.500. The van der Waals surface area contributed by atoms with Crippen LogP contribution in [0, 0.1) is 11.3 Å². The van der Waals surface area contributed by atoms with Gasteiger partial charge in [0.1, 0.15) is 17.9 Å². The standard InChI is InChI=1S/C16H20N7O5PS/c1-30-15-20-13(17)9-14(21-15)23(7-19-9)10-8-4-16(8,12(25)11(10)24)5-28-29(26,27)22-3-2-18-6-22/h2-3,6-8,10-12,24-25H,4-5H2,1H3,(H,26,27)(H2,17,20,21)/t8-,10-,11+,12+,16+/m1/s1. The molecular weight excluding hydrogens is 433 g/mol. The molecule has 14 heteroatoms. The van der Waals surface area contributed by atoms with Gasteiger partial charge in [0.05, 0.1) is 25.1 Å². The summed E-state index contributed by atoms with van der Waals surface area (Å²) in [5, 5.41) is 22.0. The number of thioether (sulfide) groups is 1. The zero-order chi connectivity index (χ0) is 21.3. The highest BCUT2D eigenvalue weighted by atomic mass is 32.2. The predicted octanol–water partition coefficient (Wildman–Crippen LogP) is 0.275. The lowest BCUT2D eigenvalue weighted by molar-refractivity contribution is -0.0284. The maximum atomic E-state index is 12.4. The number of nitrogens with zero attached hydrogens (tertiary/aromatic N) is 6. The summed E-state index contributed by atoms with van der Waals surface area (Å²) in [4.78, 5) is 26.8. The molecule has 3 heterocycles. The van der Waals surface area contributed by atoms with Crippen LogP contribution in [0.5, 0.6) is 0 Å². The van der Waals surface area contributed by atoms with Crippen molar-refractivity contribution in [2.24, 2.45) is 11.3 Å². The van der Waals surface area contributed by atoms with E-state index < -0.39 is 31.4 Å². The van der Waals surface area contributed by atoms with Crippen LogP contribution in [0.25, 0.3) is 11.2 Å². The lowest BCUT2D eigenvalue weighted by atomic mass is 10.0. The van der Waals surface area contributed by atoms with Crippen LogP contribution >= 0.6 is 19.5 Å². The largest absolute Gasteiger partial charge is 0.437 e. The summed E-state index contributed by atoms with van der Waals surface area (Å²) in [6.45, 7) is -0.182. The fourth-order valence-corrected chi connectivity index (χ4v) is 5.75. The van der Waals surface area contributed by atoms with Crippen molar-refractivity contribution >= 4 is 36.5 Å². The van der Waals surface area contributed by atoms with Crippen LogP contribution in [0.1, 0.15) is 12.5 Å². The van der Waals surface area contributed by atoms with Gasteiger partial charge in [-0.25, -0.2) is 28.8 Å². The molecule has 0 aliphatic heterocycles. The molecule has 0 radical (unpaired) electrons. The molecule has 3 aromatic heterocycles. The average molecular weight is 453 g/mol. The summed E-state index contributed by atoms with van der Waals surface area (Å²) in [6, 6.07) is -0.524. The van der Waals surface area contributed by atoms with Crippen LogP contribution < -0.4 is 5.73 Å². The number of nitrogens with two attached hydrogens (primary N) is 1. The quantitative estimate of drug-likeness (QED) is 0.229. The van der Waals surface area contributed by atoms with E-state index in [1.165, 1.54) is 36.8 Å². The van der Waals surface area contributed by atoms with E-state index in [0.29, 0.717) is 22.7 Å². The monoisotopic (exact) mass is 453 g/mol. The Kier molecular flexibility index (Phi) is 4.47. The summed E-state index contributed by atoms with van der Waals surface area (Å²) < 4.78 is 20.5. The number of aromatic nitrogens is 6. The van der Waals surface area contributed by atoms with Gasteiger partial charge in [-0.3, -0.25) is 4.52 Å². The Labute approximate surface area is 174 Å². The zero-order valence-corrected chi connectivity index (χ0v) is 17.5. The van der Waals surface area contributed by atoms with E-state index in [2.05, 4.69) is 19.9 Å². The van der Waals surface area contributed by atoms with Gasteiger partial charge in [0.2, 0.25) is 0 Å². The minimum atomic E-state index is -4.15. The molecule has 5 rings (SSSR count). The molecule has 5 N–H and O–H groups in total. The van der Waals surface area contributed by atoms with Crippen molar-refractivity contribution < 1.29 is 24.2 Å². The Morgan fingerprint density at radius 2 is 2.20 bits per heavy atom. The van der Waals surface area contributed by atoms with Crippen molar-refractivity contribution in [2.75, 3.05) is 18.6 Å². The molecule has 2 fully saturated rings. The number of fused-ring (bicyclic) bond motifs is 2. The number of nitrogen functional groups attached to an aromatic ring is 1. The van der Waals surface area contributed by atoms with Crippen molar-refractivity contribution in [3.8, 4) is 0 Å². The van der Waals surface area contributed by atoms with Gasteiger partial charge in [-0.2, -0.15) is 0 Å². The lowest BCUT2D eigenvalue weighted by Gasteiger charge is -2.24.